The van der Waals surface area contributed by atoms with Gasteiger partial charge in [-0.15, -0.1) is 0 Å². The summed E-state index contributed by atoms with van der Waals surface area (Å²) in [5, 5.41) is 9.80. The molecule has 78 valence electrons. The highest BCUT2D eigenvalue weighted by Gasteiger charge is 2.36. The third kappa shape index (κ3) is 2.42. The minimum Gasteiger partial charge on any atom is -0.391 e. The first-order valence-electron chi connectivity index (χ1n) is 5.23. The third-order valence-corrected chi connectivity index (χ3v) is 3.28. The van der Waals surface area contributed by atoms with E-state index in [1.54, 1.807) is 0 Å². The summed E-state index contributed by atoms with van der Waals surface area (Å²) in [5.41, 5.74) is 5.52. The number of likely N-dealkylation sites (tertiary alicyclic amines) is 1. The Morgan fingerprint density at radius 3 is 2.85 bits per heavy atom. The number of aliphatic hydroxyl groups excluding tert-OH is 1. The zero-order chi connectivity index (χ0) is 9.90. The first-order chi connectivity index (χ1) is 6.12. The van der Waals surface area contributed by atoms with Crippen LogP contribution >= 0.6 is 0 Å². The summed E-state index contributed by atoms with van der Waals surface area (Å²) in [4.78, 5) is 2.39. The van der Waals surface area contributed by atoms with Gasteiger partial charge in [0.25, 0.3) is 0 Å². The molecule has 1 aliphatic heterocycles. The lowest BCUT2D eigenvalue weighted by Crippen LogP contribution is -2.50. The number of hydrogen-bond acceptors (Lipinski definition) is 3. The first-order valence-corrected chi connectivity index (χ1v) is 5.23. The van der Waals surface area contributed by atoms with E-state index in [9.17, 15) is 5.11 Å². The molecule has 1 rings (SSSR count). The Morgan fingerprint density at radius 2 is 2.31 bits per heavy atom. The Morgan fingerprint density at radius 1 is 1.62 bits per heavy atom. The molecule has 1 aliphatic rings. The highest BCUT2D eigenvalue weighted by Crippen LogP contribution is 2.32. The highest BCUT2D eigenvalue weighted by atomic mass is 16.3. The van der Waals surface area contributed by atoms with Crippen LogP contribution in [0, 0.1) is 5.41 Å². The molecule has 0 aromatic carbocycles. The van der Waals surface area contributed by atoms with Gasteiger partial charge in [-0.3, -0.25) is 0 Å². The van der Waals surface area contributed by atoms with Crippen LogP contribution in [-0.4, -0.2) is 42.3 Å². The smallest absolute Gasteiger partial charge is 0.0728 e. The van der Waals surface area contributed by atoms with Gasteiger partial charge in [0.15, 0.2) is 0 Å². The number of nitrogens with zero attached hydrogens (tertiary/aromatic N) is 1. The van der Waals surface area contributed by atoms with Crippen LogP contribution in [0.25, 0.3) is 0 Å². The van der Waals surface area contributed by atoms with Crippen LogP contribution in [0.3, 0.4) is 0 Å². The van der Waals surface area contributed by atoms with Crippen LogP contribution in [0.15, 0.2) is 0 Å². The lowest BCUT2D eigenvalue weighted by molar-refractivity contribution is -0.0128. The van der Waals surface area contributed by atoms with E-state index in [4.69, 9.17) is 5.73 Å². The molecule has 2 atom stereocenters. The summed E-state index contributed by atoms with van der Waals surface area (Å²) in [6.07, 6.45) is 1.94. The molecule has 0 bridgehead atoms. The van der Waals surface area contributed by atoms with Crippen molar-refractivity contribution < 1.29 is 5.11 Å². The van der Waals surface area contributed by atoms with Gasteiger partial charge in [0.2, 0.25) is 0 Å². The molecule has 1 saturated heterocycles. The fourth-order valence-electron chi connectivity index (χ4n) is 2.20. The van der Waals surface area contributed by atoms with Gasteiger partial charge >= 0.3 is 0 Å². The van der Waals surface area contributed by atoms with E-state index in [0.717, 1.165) is 19.5 Å². The largest absolute Gasteiger partial charge is 0.391 e. The van der Waals surface area contributed by atoms with E-state index >= 15 is 0 Å². The Kier molecular flexibility index (Phi) is 3.71. The minimum absolute atomic E-state index is 0.0169. The van der Waals surface area contributed by atoms with Crippen molar-refractivity contribution in [1.29, 1.82) is 0 Å². The molecule has 1 fully saturated rings. The van der Waals surface area contributed by atoms with Crippen LogP contribution in [0.5, 0.6) is 0 Å². The summed E-state index contributed by atoms with van der Waals surface area (Å²) in [7, 11) is 0. The van der Waals surface area contributed by atoms with Crippen molar-refractivity contribution in [3.63, 3.8) is 0 Å². The molecule has 0 aromatic rings. The van der Waals surface area contributed by atoms with Crippen molar-refractivity contribution in [1.82, 2.24) is 4.90 Å². The lowest BCUT2D eigenvalue weighted by atomic mass is 9.77. The third-order valence-electron chi connectivity index (χ3n) is 3.28. The quantitative estimate of drug-likeness (QED) is 0.672. The van der Waals surface area contributed by atoms with E-state index < -0.39 is 0 Å². The Bertz CT molecular complexity index is 163. The zero-order valence-electron chi connectivity index (χ0n) is 8.79. The summed E-state index contributed by atoms with van der Waals surface area (Å²) < 4.78 is 0. The van der Waals surface area contributed by atoms with Crippen molar-refractivity contribution in [2.75, 3.05) is 26.2 Å². The van der Waals surface area contributed by atoms with Crippen molar-refractivity contribution in [2.45, 2.75) is 32.8 Å². The van der Waals surface area contributed by atoms with Crippen molar-refractivity contribution in [2.24, 2.45) is 11.1 Å². The SMILES string of the molecule is CCN1CCCC(C)(C(O)CN)C1. The topological polar surface area (TPSA) is 49.5 Å². The molecule has 0 aliphatic carbocycles. The lowest BCUT2D eigenvalue weighted by Gasteiger charge is -2.42. The molecule has 13 heavy (non-hydrogen) atoms. The maximum absolute atomic E-state index is 9.80. The van der Waals surface area contributed by atoms with Crippen LogP contribution in [0.4, 0.5) is 0 Å². The van der Waals surface area contributed by atoms with E-state index in [-0.39, 0.29) is 11.5 Å². The molecule has 2 unspecified atom stereocenters. The molecule has 3 heteroatoms. The Hall–Kier alpha value is -0.120. The van der Waals surface area contributed by atoms with Gasteiger partial charge < -0.3 is 15.7 Å². The average Bonchev–Trinajstić information content (AvgIpc) is 2.16. The first kappa shape index (κ1) is 11.0. The number of aliphatic hydroxyl groups is 1. The number of rotatable bonds is 3. The van der Waals surface area contributed by atoms with Crippen LogP contribution in [-0.2, 0) is 0 Å². The maximum atomic E-state index is 9.80. The predicted molar refractivity (Wildman–Crippen MR) is 54.5 cm³/mol. The Balaban J connectivity index is 2.56. The monoisotopic (exact) mass is 186 g/mol. The molecule has 1 heterocycles. The molecular formula is C10H22N2O. The van der Waals surface area contributed by atoms with Crippen molar-refractivity contribution >= 4 is 0 Å². The van der Waals surface area contributed by atoms with Gasteiger partial charge in [-0.05, 0) is 25.9 Å². The van der Waals surface area contributed by atoms with Crippen molar-refractivity contribution in [3.05, 3.63) is 0 Å². The molecule has 0 radical (unpaired) electrons. The van der Waals surface area contributed by atoms with Gasteiger partial charge in [0.05, 0.1) is 6.10 Å². The van der Waals surface area contributed by atoms with Gasteiger partial charge in [0, 0.05) is 18.5 Å². The van der Waals surface area contributed by atoms with Crippen LogP contribution < -0.4 is 5.73 Å². The van der Waals surface area contributed by atoms with Gasteiger partial charge in [-0.2, -0.15) is 0 Å². The fourth-order valence-corrected chi connectivity index (χ4v) is 2.20. The van der Waals surface area contributed by atoms with Crippen LogP contribution in [0.1, 0.15) is 26.7 Å². The number of nitrogens with two attached hydrogens (primary N) is 1. The van der Waals surface area contributed by atoms with Crippen molar-refractivity contribution in [3.8, 4) is 0 Å². The van der Waals surface area contributed by atoms with Gasteiger partial charge in [-0.25, -0.2) is 0 Å². The second kappa shape index (κ2) is 4.40. The molecule has 3 nitrogen and oxygen atoms in total. The fraction of sp³-hybridized carbons (Fsp3) is 1.00. The molecular weight excluding hydrogens is 164 g/mol. The zero-order valence-corrected chi connectivity index (χ0v) is 8.79. The van der Waals surface area contributed by atoms with E-state index in [0.29, 0.717) is 6.54 Å². The van der Waals surface area contributed by atoms with E-state index in [2.05, 4.69) is 18.7 Å². The summed E-state index contributed by atoms with van der Waals surface area (Å²) in [6, 6.07) is 0. The molecule has 0 aromatic heterocycles. The minimum atomic E-state index is -0.346. The van der Waals surface area contributed by atoms with Crippen LogP contribution in [0.2, 0.25) is 0 Å². The second-order valence-electron chi connectivity index (χ2n) is 4.38. The maximum Gasteiger partial charge on any atom is 0.0728 e. The Labute approximate surface area is 80.9 Å². The molecule has 0 spiro atoms. The standard InChI is InChI=1S/C10H22N2O/c1-3-12-6-4-5-10(2,8-12)9(13)7-11/h9,13H,3-8,11H2,1-2H3. The number of hydrogen-bond donors (Lipinski definition) is 2. The normalized spacial score (nSPS) is 33.2. The molecule has 3 N–H and O–H groups in total. The van der Waals surface area contributed by atoms with E-state index in [1.807, 2.05) is 0 Å². The predicted octanol–water partition coefficient (Wildman–Crippen LogP) is 0.428. The molecule has 0 amide bonds. The van der Waals surface area contributed by atoms with E-state index in [1.165, 1.54) is 13.0 Å². The van der Waals surface area contributed by atoms with Gasteiger partial charge in [0.1, 0.15) is 0 Å². The summed E-state index contributed by atoms with van der Waals surface area (Å²) in [6.45, 7) is 7.93. The average molecular weight is 186 g/mol. The summed E-state index contributed by atoms with van der Waals surface area (Å²) in [5.74, 6) is 0. The number of piperidine rings is 1. The van der Waals surface area contributed by atoms with Gasteiger partial charge in [-0.1, -0.05) is 13.8 Å². The summed E-state index contributed by atoms with van der Waals surface area (Å²) >= 11 is 0. The second-order valence-corrected chi connectivity index (χ2v) is 4.38. The molecule has 0 saturated carbocycles. The highest BCUT2D eigenvalue weighted by molar-refractivity contribution is 4.89.